The number of nitrogens with zero attached hydrogens (tertiary/aromatic N) is 7. The van der Waals surface area contributed by atoms with E-state index >= 15 is 0 Å². The number of rotatable bonds is 5. The van der Waals surface area contributed by atoms with Gasteiger partial charge in [0.15, 0.2) is 5.82 Å². The fourth-order valence-corrected chi connectivity index (χ4v) is 5.29. The predicted molar refractivity (Wildman–Crippen MR) is 138 cm³/mol. The Balaban J connectivity index is 1.53. The first-order valence-electron chi connectivity index (χ1n) is 11.6. The molecule has 10 heteroatoms. The zero-order valence-corrected chi connectivity index (χ0v) is 22.0. The number of methoxy groups -OCH3 is 1. The van der Waals surface area contributed by atoms with Crippen LogP contribution < -0.4 is 4.74 Å². The molecule has 36 heavy (non-hydrogen) atoms. The van der Waals surface area contributed by atoms with Crippen LogP contribution in [0.3, 0.4) is 0 Å². The quantitative estimate of drug-likeness (QED) is 0.325. The van der Waals surface area contributed by atoms with Crippen LogP contribution in [0.25, 0.3) is 17.2 Å². The van der Waals surface area contributed by atoms with Crippen LogP contribution in [0.15, 0.2) is 36.8 Å². The Morgan fingerprint density at radius 1 is 1.14 bits per heavy atom. The molecule has 0 fully saturated rings. The molecule has 1 aliphatic rings. The maximum absolute atomic E-state index is 9.55. The van der Waals surface area contributed by atoms with Crippen LogP contribution >= 0.6 is 23.2 Å². The minimum absolute atomic E-state index is 0.0701. The Bertz CT molecular complexity index is 1500. The van der Waals surface area contributed by atoms with Crippen molar-refractivity contribution < 1.29 is 4.74 Å². The van der Waals surface area contributed by atoms with E-state index in [0.29, 0.717) is 33.0 Å². The first-order valence-corrected chi connectivity index (χ1v) is 12.4. The molecular formula is C26H25Cl2N7O. The van der Waals surface area contributed by atoms with Crippen LogP contribution in [0, 0.1) is 18.3 Å². The second kappa shape index (κ2) is 9.23. The molecule has 8 nitrogen and oxygen atoms in total. The van der Waals surface area contributed by atoms with Crippen molar-refractivity contribution >= 4 is 23.2 Å². The number of imidazole rings is 1. The molecule has 1 aliphatic heterocycles. The zero-order chi connectivity index (χ0) is 25.6. The third-order valence-corrected chi connectivity index (χ3v) is 7.46. The van der Waals surface area contributed by atoms with Gasteiger partial charge in [-0.05, 0) is 56.9 Å². The number of hydrogen-bond donors (Lipinski definition) is 0. The summed E-state index contributed by atoms with van der Waals surface area (Å²) in [6.07, 6.45) is 5.43. The average Bonchev–Trinajstić information content (AvgIpc) is 3.51. The first-order chi connectivity index (χ1) is 17.2. The Morgan fingerprint density at radius 3 is 2.64 bits per heavy atom. The number of pyridine rings is 1. The highest BCUT2D eigenvalue weighted by molar-refractivity contribution is 6.43. The lowest BCUT2D eigenvalue weighted by molar-refractivity contribution is 0.396. The number of nitriles is 1. The van der Waals surface area contributed by atoms with Gasteiger partial charge in [-0.2, -0.15) is 5.26 Å². The lowest BCUT2D eigenvalue weighted by atomic mass is 9.83. The number of hydrogen-bond acceptors (Lipinski definition) is 6. The van der Waals surface area contributed by atoms with Gasteiger partial charge in [0, 0.05) is 18.7 Å². The van der Waals surface area contributed by atoms with E-state index in [2.05, 4.69) is 16.0 Å². The molecule has 0 bridgehead atoms. The standard InChI is InChI=1S/C26H25Cl2N7O/c1-15-12-34(14-30-15)20-10-9-19(31-25(20)36-4)23-32-24-17(6-5-11-35(24)33-23)16-7-8-18(22(28)21(16)27)26(2,3)13-29/h7-10,12,14,17H,5-6,11H2,1-4H3/t17-/m0/s1. The van der Waals surface area contributed by atoms with Crippen molar-refractivity contribution in [3.05, 3.63) is 69.5 Å². The Labute approximate surface area is 219 Å². The third-order valence-electron chi connectivity index (χ3n) is 6.57. The summed E-state index contributed by atoms with van der Waals surface area (Å²) in [5, 5.41) is 15.2. The second-order valence-corrected chi connectivity index (χ2v) is 10.2. The SMILES string of the molecule is COc1nc(-c2nc3n(n2)CCC[C@H]3c2ccc(C(C)(C)C#N)c(Cl)c2Cl)ccc1-n1cnc(C)c1. The summed E-state index contributed by atoms with van der Waals surface area (Å²) in [5.41, 5.74) is 3.15. The van der Waals surface area contributed by atoms with Crippen molar-refractivity contribution in [3.63, 3.8) is 0 Å². The molecule has 0 aliphatic carbocycles. The molecule has 3 aromatic heterocycles. The molecule has 0 radical (unpaired) electrons. The van der Waals surface area contributed by atoms with Crippen LogP contribution in [0.2, 0.25) is 10.0 Å². The number of aryl methyl sites for hydroxylation is 2. The Morgan fingerprint density at radius 2 is 1.94 bits per heavy atom. The molecule has 0 amide bonds. The molecule has 4 aromatic rings. The van der Waals surface area contributed by atoms with Gasteiger partial charge in [-0.25, -0.2) is 19.6 Å². The molecule has 0 saturated carbocycles. The predicted octanol–water partition coefficient (Wildman–Crippen LogP) is 5.88. The Hall–Kier alpha value is -3.41. The van der Waals surface area contributed by atoms with Gasteiger partial charge in [0.05, 0.1) is 40.7 Å². The minimum atomic E-state index is -0.745. The van der Waals surface area contributed by atoms with Gasteiger partial charge in [-0.3, -0.25) is 0 Å². The molecule has 4 heterocycles. The van der Waals surface area contributed by atoms with Gasteiger partial charge in [0.2, 0.25) is 5.88 Å². The molecule has 0 saturated heterocycles. The van der Waals surface area contributed by atoms with E-state index in [0.717, 1.165) is 42.2 Å². The lowest BCUT2D eigenvalue weighted by Crippen LogP contribution is -2.19. The lowest BCUT2D eigenvalue weighted by Gasteiger charge is -2.25. The van der Waals surface area contributed by atoms with Crippen molar-refractivity contribution in [1.29, 1.82) is 5.26 Å². The minimum Gasteiger partial charge on any atom is -0.479 e. The van der Waals surface area contributed by atoms with Crippen LogP contribution in [-0.4, -0.2) is 36.4 Å². The van der Waals surface area contributed by atoms with Crippen molar-refractivity contribution in [1.82, 2.24) is 29.3 Å². The van der Waals surface area contributed by atoms with Crippen LogP contribution in [-0.2, 0) is 12.0 Å². The van der Waals surface area contributed by atoms with Gasteiger partial charge >= 0.3 is 0 Å². The third kappa shape index (κ3) is 4.12. The summed E-state index contributed by atoms with van der Waals surface area (Å²) in [7, 11) is 1.59. The van der Waals surface area contributed by atoms with Crippen molar-refractivity contribution in [2.24, 2.45) is 0 Å². The summed E-state index contributed by atoms with van der Waals surface area (Å²) in [4.78, 5) is 13.8. The van der Waals surface area contributed by atoms with E-state index in [-0.39, 0.29) is 5.92 Å². The highest BCUT2D eigenvalue weighted by Crippen LogP contribution is 2.43. The van der Waals surface area contributed by atoms with Crippen LogP contribution in [0.4, 0.5) is 0 Å². The molecule has 1 aromatic carbocycles. The number of benzene rings is 1. The summed E-state index contributed by atoms with van der Waals surface area (Å²) in [5.74, 6) is 1.73. The normalized spacial score (nSPS) is 15.4. The summed E-state index contributed by atoms with van der Waals surface area (Å²) in [6, 6.07) is 9.95. The van der Waals surface area contributed by atoms with Gasteiger partial charge in [0.25, 0.3) is 0 Å². The largest absolute Gasteiger partial charge is 0.479 e. The molecule has 184 valence electrons. The highest BCUT2D eigenvalue weighted by Gasteiger charge is 2.31. The Kier molecular flexibility index (Phi) is 6.23. The number of fused-ring (bicyclic) bond motifs is 1. The fraction of sp³-hybridized carbons (Fsp3) is 0.346. The van der Waals surface area contributed by atoms with E-state index in [1.807, 2.05) is 60.5 Å². The molecule has 0 spiro atoms. The molecule has 5 rings (SSSR count). The maximum atomic E-state index is 9.55. The smallest absolute Gasteiger partial charge is 0.238 e. The monoisotopic (exact) mass is 521 g/mol. The summed E-state index contributed by atoms with van der Waals surface area (Å²) < 4.78 is 9.35. The van der Waals surface area contributed by atoms with Crippen molar-refractivity contribution in [2.45, 2.75) is 51.5 Å². The summed E-state index contributed by atoms with van der Waals surface area (Å²) in [6.45, 7) is 6.34. The highest BCUT2D eigenvalue weighted by atomic mass is 35.5. The number of aromatic nitrogens is 6. The van der Waals surface area contributed by atoms with E-state index in [4.69, 9.17) is 38.0 Å². The van der Waals surface area contributed by atoms with Gasteiger partial charge in [-0.15, -0.1) is 5.10 Å². The first kappa shape index (κ1) is 24.3. The molecule has 0 N–H and O–H groups in total. The summed E-state index contributed by atoms with van der Waals surface area (Å²) >= 11 is 13.4. The van der Waals surface area contributed by atoms with Crippen molar-refractivity contribution in [2.75, 3.05) is 7.11 Å². The number of ether oxygens (including phenoxy) is 1. The van der Waals surface area contributed by atoms with E-state index in [1.165, 1.54) is 0 Å². The van der Waals surface area contributed by atoms with E-state index in [1.54, 1.807) is 13.4 Å². The van der Waals surface area contributed by atoms with Gasteiger partial charge in [0.1, 0.15) is 17.2 Å². The molecular weight excluding hydrogens is 497 g/mol. The maximum Gasteiger partial charge on any atom is 0.238 e. The molecule has 0 unspecified atom stereocenters. The van der Waals surface area contributed by atoms with Crippen LogP contribution in [0.5, 0.6) is 5.88 Å². The fourth-order valence-electron chi connectivity index (χ4n) is 4.59. The van der Waals surface area contributed by atoms with Gasteiger partial charge < -0.3 is 9.30 Å². The van der Waals surface area contributed by atoms with Crippen molar-refractivity contribution in [3.8, 4) is 29.2 Å². The average molecular weight is 522 g/mol. The van der Waals surface area contributed by atoms with Crippen LogP contribution in [0.1, 0.15) is 55.3 Å². The van der Waals surface area contributed by atoms with Gasteiger partial charge in [-0.1, -0.05) is 35.3 Å². The number of halogens is 2. The zero-order valence-electron chi connectivity index (χ0n) is 20.5. The topological polar surface area (TPSA) is 94.4 Å². The molecule has 1 atom stereocenters. The van der Waals surface area contributed by atoms with E-state index in [9.17, 15) is 5.26 Å². The van der Waals surface area contributed by atoms with E-state index < -0.39 is 5.41 Å². The second-order valence-electron chi connectivity index (χ2n) is 9.43.